The highest BCUT2D eigenvalue weighted by atomic mass is 16.5. The van der Waals surface area contributed by atoms with Gasteiger partial charge >= 0.3 is 5.97 Å². The number of ether oxygens (including phenoxy) is 1. The van der Waals surface area contributed by atoms with E-state index in [2.05, 4.69) is 0 Å². The summed E-state index contributed by atoms with van der Waals surface area (Å²) in [7, 11) is 0. The maximum absolute atomic E-state index is 11.2. The lowest BCUT2D eigenvalue weighted by Crippen LogP contribution is -2.13. The van der Waals surface area contributed by atoms with Gasteiger partial charge in [-0.05, 0) is 36.6 Å². The molecule has 2 aromatic rings. The van der Waals surface area contributed by atoms with Crippen molar-refractivity contribution in [2.24, 2.45) is 0 Å². The highest BCUT2D eigenvalue weighted by molar-refractivity contribution is 5.89. The zero-order chi connectivity index (χ0) is 15.4. The van der Waals surface area contributed by atoms with E-state index in [1.54, 1.807) is 6.07 Å². The summed E-state index contributed by atoms with van der Waals surface area (Å²) in [5.41, 5.74) is 2.38. The molecule has 0 aliphatic rings. The standard InChI is InChI=1S/C17H21NO3/c1-12(2)16-15(17(19)20)7-8-18(16)9-10-21-14-6-4-5-13(3)11-14/h4-8,11-12H,9-10H2,1-3H3,(H,19,20). The van der Waals surface area contributed by atoms with Gasteiger partial charge in [0.05, 0.1) is 12.1 Å². The van der Waals surface area contributed by atoms with E-state index in [1.165, 1.54) is 0 Å². The Morgan fingerprint density at radius 1 is 1.33 bits per heavy atom. The number of benzene rings is 1. The van der Waals surface area contributed by atoms with Crippen LogP contribution in [0.4, 0.5) is 0 Å². The summed E-state index contributed by atoms with van der Waals surface area (Å²) in [5, 5.41) is 9.22. The first-order valence-electron chi connectivity index (χ1n) is 7.11. The number of aromatic nitrogens is 1. The minimum absolute atomic E-state index is 0.157. The van der Waals surface area contributed by atoms with E-state index in [4.69, 9.17) is 4.74 Å². The van der Waals surface area contributed by atoms with Crippen molar-refractivity contribution in [1.29, 1.82) is 0 Å². The van der Waals surface area contributed by atoms with Crippen LogP contribution in [0.1, 0.15) is 41.4 Å². The number of carbonyl (C=O) groups is 1. The largest absolute Gasteiger partial charge is 0.492 e. The van der Waals surface area contributed by atoms with Crippen molar-refractivity contribution in [2.75, 3.05) is 6.61 Å². The maximum Gasteiger partial charge on any atom is 0.337 e. The van der Waals surface area contributed by atoms with Crippen molar-refractivity contribution in [2.45, 2.75) is 33.2 Å². The topological polar surface area (TPSA) is 51.5 Å². The van der Waals surface area contributed by atoms with Crippen LogP contribution in [0.5, 0.6) is 5.75 Å². The zero-order valence-electron chi connectivity index (χ0n) is 12.7. The van der Waals surface area contributed by atoms with Crippen molar-refractivity contribution < 1.29 is 14.6 Å². The molecule has 2 rings (SSSR count). The lowest BCUT2D eigenvalue weighted by molar-refractivity contribution is 0.0695. The molecule has 1 aromatic heterocycles. The average molecular weight is 287 g/mol. The van der Waals surface area contributed by atoms with Gasteiger partial charge in [0.25, 0.3) is 0 Å². The molecule has 4 nitrogen and oxygen atoms in total. The van der Waals surface area contributed by atoms with Gasteiger partial charge in [-0.3, -0.25) is 0 Å². The lowest BCUT2D eigenvalue weighted by atomic mass is 10.1. The van der Waals surface area contributed by atoms with Crippen LogP contribution in [0.25, 0.3) is 0 Å². The molecule has 112 valence electrons. The second-order valence-corrected chi connectivity index (χ2v) is 5.43. The highest BCUT2D eigenvalue weighted by Crippen LogP contribution is 2.21. The summed E-state index contributed by atoms with van der Waals surface area (Å²) in [5.74, 6) is 0.119. The average Bonchev–Trinajstić information content (AvgIpc) is 2.83. The predicted molar refractivity (Wildman–Crippen MR) is 82.2 cm³/mol. The van der Waals surface area contributed by atoms with Crippen molar-refractivity contribution in [3.63, 3.8) is 0 Å². The summed E-state index contributed by atoms with van der Waals surface area (Å²) >= 11 is 0. The molecular formula is C17H21NO3. The van der Waals surface area contributed by atoms with E-state index in [9.17, 15) is 9.90 Å². The van der Waals surface area contributed by atoms with Crippen LogP contribution in [0.3, 0.4) is 0 Å². The molecule has 0 aliphatic heterocycles. The fourth-order valence-electron chi connectivity index (χ4n) is 2.47. The summed E-state index contributed by atoms with van der Waals surface area (Å²) in [6.07, 6.45) is 1.82. The van der Waals surface area contributed by atoms with E-state index in [1.807, 2.05) is 55.8 Å². The number of rotatable bonds is 6. The predicted octanol–water partition coefficient (Wildman–Crippen LogP) is 3.70. The number of aromatic carboxylic acids is 1. The Labute approximate surface area is 125 Å². The van der Waals surface area contributed by atoms with Gasteiger partial charge in [0.2, 0.25) is 0 Å². The van der Waals surface area contributed by atoms with Crippen LogP contribution < -0.4 is 4.74 Å². The van der Waals surface area contributed by atoms with Crippen LogP contribution in [0, 0.1) is 6.92 Å². The van der Waals surface area contributed by atoms with Gasteiger partial charge in [0.1, 0.15) is 12.4 Å². The Kier molecular flexibility index (Phi) is 4.68. The normalized spacial score (nSPS) is 10.9. The highest BCUT2D eigenvalue weighted by Gasteiger charge is 2.17. The van der Waals surface area contributed by atoms with Gasteiger partial charge in [-0.25, -0.2) is 4.79 Å². The third-order valence-corrected chi connectivity index (χ3v) is 3.37. The number of carboxylic acids is 1. The van der Waals surface area contributed by atoms with Crippen molar-refractivity contribution in [1.82, 2.24) is 4.57 Å². The Balaban J connectivity index is 2.05. The van der Waals surface area contributed by atoms with Crippen LogP contribution >= 0.6 is 0 Å². The molecule has 0 amide bonds. The Morgan fingerprint density at radius 3 is 2.71 bits per heavy atom. The van der Waals surface area contributed by atoms with Crippen LogP contribution in [0.2, 0.25) is 0 Å². The molecule has 0 radical (unpaired) electrons. The maximum atomic E-state index is 11.2. The first kappa shape index (κ1) is 15.2. The molecule has 4 heteroatoms. The molecule has 21 heavy (non-hydrogen) atoms. The first-order valence-corrected chi connectivity index (χ1v) is 7.11. The molecule has 0 spiro atoms. The molecule has 0 unspecified atom stereocenters. The monoisotopic (exact) mass is 287 g/mol. The fraction of sp³-hybridized carbons (Fsp3) is 0.353. The van der Waals surface area contributed by atoms with Gasteiger partial charge in [0, 0.05) is 11.9 Å². The number of nitrogens with zero attached hydrogens (tertiary/aromatic N) is 1. The molecule has 0 saturated heterocycles. The number of carboxylic acid groups (broad SMARTS) is 1. The Bertz CT molecular complexity index is 629. The Hall–Kier alpha value is -2.23. The molecule has 0 fully saturated rings. The van der Waals surface area contributed by atoms with Crippen LogP contribution in [0.15, 0.2) is 36.5 Å². The SMILES string of the molecule is Cc1cccc(OCCn2ccc(C(=O)O)c2C(C)C)c1. The summed E-state index contributed by atoms with van der Waals surface area (Å²) in [6, 6.07) is 9.55. The van der Waals surface area contributed by atoms with Crippen LogP contribution in [-0.4, -0.2) is 22.2 Å². The third-order valence-electron chi connectivity index (χ3n) is 3.37. The summed E-state index contributed by atoms with van der Waals surface area (Å²) < 4.78 is 7.69. The number of hydrogen-bond acceptors (Lipinski definition) is 2. The molecule has 0 bridgehead atoms. The quantitative estimate of drug-likeness (QED) is 0.881. The molecule has 0 atom stereocenters. The summed E-state index contributed by atoms with van der Waals surface area (Å²) in [4.78, 5) is 11.2. The smallest absolute Gasteiger partial charge is 0.337 e. The van der Waals surface area contributed by atoms with Gasteiger partial charge < -0.3 is 14.4 Å². The van der Waals surface area contributed by atoms with Crippen LogP contribution in [-0.2, 0) is 6.54 Å². The fourth-order valence-corrected chi connectivity index (χ4v) is 2.47. The van der Waals surface area contributed by atoms with E-state index in [0.717, 1.165) is 17.0 Å². The van der Waals surface area contributed by atoms with E-state index in [-0.39, 0.29) is 5.92 Å². The number of hydrogen-bond donors (Lipinski definition) is 1. The molecule has 1 N–H and O–H groups in total. The van der Waals surface area contributed by atoms with Gasteiger partial charge in [-0.2, -0.15) is 0 Å². The second-order valence-electron chi connectivity index (χ2n) is 5.43. The van der Waals surface area contributed by atoms with Crippen molar-refractivity contribution in [3.05, 3.63) is 53.3 Å². The minimum Gasteiger partial charge on any atom is -0.492 e. The summed E-state index contributed by atoms with van der Waals surface area (Å²) in [6.45, 7) is 7.17. The van der Waals surface area contributed by atoms with Crippen molar-refractivity contribution in [3.8, 4) is 5.75 Å². The second kappa shape index (κ2) is 6.48. The van der Waals surface area contributed by atoms with Crippen molar-refractivity contribution >= 4 is 5.97 Å². The minimum atomic E-state index is -0.878. The third kappa shape index (κ3) is 3.66. The Morgan fingerprint density at radius 2 is 2.10 bits per heavy atom. The number of aryl methyl sites for hydroxylation is 1. The van der Waals surface area contributed by atoms with Gasteiger partial charge in [-0.15, -0.1) is 0 Å². The molecule has 0 saturated carbocycles. The van der Waals surface area contributed by atoms with E-state index < -0.39 is 5.97 Å². The molecule has 1 heterocycles. The zero-order valence-corrected chi connectivity index (χ0v) is 12.7. The lowest BCUT2D eigenvalue weighted by Gasteiger charge is -2.14. The molecular weight excluding hydrogens is 266 g/mol. The van der Waals surface area contributed by atoms with Gasteiger partial charge in [0.15, 0.2) is 0 Å². The first-order chi connectivity index (χ1) is 9.99. The molecule has 1 aromatic carbocycles. The molecule has 0 aliphatic carbocycles. The van der Waals surface area contributed by atoms with E-state index in [0.29, 0.717) is 18.7 Å². The van der Waals surface area contributed by atoms with E-state index >= 15 is 0 Å². The van der Waals surface area contributed by atoms with Gasteiger partial charge in [-0.1, -0.05) is 26.0 Å².